The van der Waals surface area contributed by atoms with Crippen molar-refractivity contribution in [3.05, 3.63) is 0 Å². The van der Waals surface area contributed by atoms with Crippen LogP contribution in [0, 0.1) is 0 Å². The average molecular weight is 163 g/mol. The molecule has 0 unspecified atom stereocenters. The lowest BCUT2D eigenvalue weighted by Gasteiger charge is -2.13. The molecule has 11 heavy (non-hydrogen) atoms. The lowest BCUT2D eigenvalue weighted by atomic mass is 10.6. The molecule has 0 atom stereocenters. The predicted molar refractivity (Wildman–Crippen MR) is 38.5 cm³/mol. The number of carbonyl (C=O) groups is 1. The predicted octanol–water partition coefficient (Wildman–Crippen LogP) is -1.22. The highest BCUT2D eigenvalue weighted by molar-refractivity contribution is 5.70. The quantitative estimate of drug-likeness (QED) is 0.350. The Bertz CT molecular complexity index is 116. The summed E-state index contributed by atoms with van der Waals surface area (Å²) in [5.41, 5.74) is 9.45. The van der Waals surface area contributed by atoms with Crippen molar-refractivity contribution >= 4 is 6.03 Å². The largest absolute Gasteiger partial charge is 0.354 e. The van der Waals surface area contributed by atoms with Crippen molar-refractivity contribution in [1.82, 2.24) is 10.9 Å². The number of nitrogens with two attached hydrogens (primary N) is 1. The Balaban J connectivity index is 3.28. The van der Waals surface area contributed by atoms with Gasteiger partial charge in [-0.1, -0.05) is 0 Å². The first-order valence-electron chi connectivity index (χ1n) is 3.04. The van der Waals surface area contributed by atoms with Gasteiger partial charge >= 0.3 is 6.03 Å². The maximum Gasteiger partial charge on any atom is 0.326 e. The van der Waals surface area contributed by atoms with E-state index in [1.807, 2.05) is 0 Å². The van der Waals surface area contributed by atoms with E-state index in [1.165, 1.54) is 14.2 Å². The van der Waals surface area contributed by atoms with Crippen LogP contribution in [0.4, 0.5) is 4.79 Å². The summed E-state index contributed by atoms with van der Waals surface area (Å²) in [6.45, 7) is 0.343. The van der Waals surface area contributed by atoms with E-state index in [9.17, 15) is 4.79 Å². The van der Waals surface area contributed by atoms with E-state index in [2.05, 4.69) is 10.9 Å². The van der Waals surface area contributed by atoms with E-state index in [1.54, 1.807) is 0 Å². The molecule has 0 saturated heterocycles. The standard InChI is InChI=1S/C5H13N3O3/c1-10-4(11-2)3-7-8-5(6)9/h4,7H,3H2,1-2H3,(H3,6,8,9). The third-order valence-corrected chi connectivity index (χ3v) is 1.01. The van der Waals surface area contributed by atoms with Crippen LogP contribution in [-0.2, 0) is 9.47 Å². The number of nitrogens with one attached hydrogen (secondary N) is 2. The van der Waals surface area contributed by atoms with Gasteiger partial charge < -0.3 is 15.2 Å². The number of hydrazine groups is 1. The number of carbonyl (C=O) groups excluding carboxylic acids is 1. The lowest BCUT2D eigenvalue weighted by molar-refractivity contribution is -0.0996. The van der Waals surface area contributed by atoms with Crippen LogP contribution in [0.5, 0.6) is 0 Å². The third-order valence-electron chi connectivity index (χ3n) is 1.01. The van der Waals surface area contributed by atoms with Crippen LogP contribution in [0.3, 0.4) is 0 Å². The van der Waals surface area contributed by atoms with Crippen molar-refractivity contribution in [3.63, 3.8) is 0 Å². The Kier molecular flexibility index (Phi) is 5.44. The van der Waals surface area contributed by atoms with Crippen LogP contribution in [0.2, 0.25) is 0 Å². The summed E-state index contributed by atoms with van der Waals surface area (Å²) in [6.07, 6.45) is -0.387. The highest BCUT2D eigenvalue weighted by Crippen LogP contribution is 1.85. The van der Waals surface area contributed by atoms with Crippen LogP contribution < -0.4 is 16.6 Å². The average Bonchev–Trinajstić information content (AvgIpc) is 1.98. The fourth-order valence-electron chi connectivity index (χ4n) is 0.484. The van der Waals surface area contributed by atoms with Gasteiger partial charge in [0.2, 0.25) is 0 Å². The summed E-state index contributed by atoms with van der Waals surface area (Å²) >= 11 is 0. The highest BCUT2D eigenvalue weighted by Gasteiger charge is 2.02. The highest BCUT2D eigenvalue weighted by atomic mass is 16.7. The van der Waals surface area contributed by atoms with E-state index < -0.39 is 6.03 Å². The molecule has 0 fully saturated rings. The molecule has 0 heterocycles. The third kappa shape index (κ3) is 5.59. The maximum atomic E-state index is 10.1. The molecule has 66 valence electrons. The van der Waals surface area contributed by atoms with Crippen molar-refractivity contribution < 1.29 is 14.3 Å². The first-order valence-corrected chi connectivity index (χ1v) is 3.04. The van der Waals surface area contributed by atoms with Crippen LogP contribution >= 0.6 is 0 Å². The SMILES string of the molecule is COC(CNNC(N)=O)OC. The van der Waals surface area contributed by atoms with Gasteiger partial charge in [-0.3, -0.25) is 5.43 Å². The van der Waals surface area contributed by atoms with E-state index in [0.29, 0.717) is 6.54 Å². The lowest BCUT2D eigenvalue weighted by Crippen LogP contribution is -2.45. The van der Waals surface area contributed by atoms with E-state index >= 15 is 0 Å². The zero-order valence-electron chi connectivity index (χ0n) is 6.59. The number of primary amides is 1. The van der Waals surface area contributed by atoms with Gasteiger partial charge in [0.05, 0.1) is 6.54 Å². The van der Waals surface area contributed by atoms with Gasteiger partial charge in [0, 0.05) is 14.2 Å². The van der Waals surface area contributed by atoms with Crippen molar-refractivity contribution in [2.75, 3.05) is 20.8 Å². The molecule has 0 aliphatic rings. The Labute approximate surface area is 65.0 Å². The Morgan fingerprint density at radius 3 is 2.45 bits per heavy atom. The molecule has 0 spiro atoms. The first kappa shape index (κ1) is 10.2. The number of methoxy groups -OCH3 is 2. The molecule has 4 N–H and O–H groups in total. The van der Waals surface area contributed by atoms with Gasteiger partial charge in [-0.05, 0) is 0 Å². The molecule has 0 aliphatic heterocycles. The molecule has 0 radical (unpaired) electrons. The van der Waals surface area contributed by atoms with Crippen molar-refractivity contribution in [3.8, 4) is 0 Å². The summed E-state index contributed by atoms with van der Waals surface area (Å²) in [7, 11) is 3.00. The zero-order valence-corrected chi connectivity index (χ0v) is 6.59. The molecule has 0 aromatic rings. The molecule has 0 aromatic carbocycles. The van der Waals surface area contributed by atoms with Gasteiger partial charge in [-0.15, -0.1) is 0 Å². The van der Waals surface area contributed by atoms with E-state index in [0.717, 1.165) is 0 Å². The number of ether oxygens (including phenoxy) is 2. The minimum absolute atomic E-state index is 0.343. The second kappa shape index (κ2) is 5.90. The summed E-state index contributed by atoms with van der Waals surface area (Å²) in [5, 5.41) is 0. The Hall–Kier alpha value is -0.850. The Morgan fingerprint density at radius 1 is 1.55 bits per heavy atom. The maximum absolute atomic E-state index is 10.1. The molecule has 2 amide bonds. The molecule has 0 bridgehead atoms. The van der Waals surface area contributed by atoms with Gasteiger partial charge in [0.25, 0.3) is 0 Å². The molecule has 0 saturated carbocycles. The van der Waals surface area contributed by atoms with Crippen LogP contribution in [-0.4, -0.2) is 33.1 Å². The molecule has 0 aliphatic carbocycles. The second-order valence-corrected chi connectivity index (χ2v) is 1.77. The van der Waals surface area contributed by atoms with Gasteiger partial charge in [-0.25, -0.2) is 10.2 Å². The number of hydrogen-bond donors (Lipinski definition) is 3. The molecular formula is C5H13N3O3. The number of hydrogen-bond acceptors (Lipinski definition) is 4. The summed E-state index contributed by atoms with van der Waals surface area (Å²) in [5.74, 6) is 0. The topological polar surface area (TPSA) is 85.6 Å². The summed E-state index contributed by atoms with van der Waals surface area (Å²) < 4.78 is 9.61. The Morgan fingerprint density at radius 2 is 2.09 bits per heavy atom. The van der Waals surface area contributed by atoms with Gasteiger partial charge in [0.1, 0.15) is 0 Å². The summed E-state index contributed by atoms with van der Waals surface area (Å²) in [4.78, 5) is 10.1. The molecule has 6 nitrogen and oxygen atoms in total. The molecule has 0 rings (SSSR count). The van der Waals surface area contributed by atoms with Gasteiger partial charge in [-0.2, -0.15) is 0 Å². The van der Waals surface area contributed by atoms with Crippen molar-refractivity contribution in [2.24, 2.45) is 5.73 Å². The zero-order chi connectivity index (χ0) is 8.69. The fourth-order valence-corrected chi connectivity index (χ4v) is 0.484. The minimum Gasteiger partial charge on any atom is -0.354 e. The smallest absolute Gasteiger partial charge is 0.326 e. The van der Waals surface area contributed by atoms with E-state index in [4.69, 9.17) is 15.2 Å². The van der Waals surface area contributed by atoms with Gasteiger partial charge in [0.15, 0.2) is 6.29 Å². The van der Waals surface area contributed by atoms with Crippen molar-refractivity contribution in [1.29, 1.82) is 0 Å². The first-order chi connectivity index (χ1) is 5.20. The van der Waals surface area contributed by atoms with Crippen LogP contribution in [0.15, 0.2) is 0 Å². The number of amides is 2. The number of urea groups is 1. The molecule has 0 aromatic heterocycles. The monoisotopic (exact) mass is 163 g/mol. The minimum atomic E-state index is -0.643. The molecular weight excluding hydrogens is 150 g/mol. The van der Waals surface area contributed by atoms with Crippen molar-refractivity contribution in [2.45, 2.75) is 6.29 Å². The fraction of sp³-hybridized carbons (Fsp3) is 0.800. The number of rotatable bonds is 5. The normalized spacial score (nSPS) is 10.1. The summed E-state index contributed by atoms with van der Waals surface area (Å²) in [6, 6.07) is -0.643. The van der Waals surface area contributed by atoms with Crippen LogP contribution in [0.1, 0.15) is 0 Å². The second-order valence-electron chi connectivity index (χ2n) is 1.77. The van der Waals surface area contributed by atoms with Crippen LogP contribution in [0.25, 0.3) is 0 Å². The van der Waals surface area contributed by atoms with E-state index in [-0.39, 0.29) is 6.29 Å². The molecule has 6 heteroatoms.